The maximum atomic E-state index is 6.86. The van der Waals surface area contributed by atoms with Gasteiger partial charge in [0.1, 0.15) is 0 Å². The van der Waals surface area contributed by atoms with Gasteiger partial charge in [-0.1, -0.05) is 25.7 Å². The molecule has 0 bridgehead atoms. The van der Waals surface area contributed by atoms with Crippen molar-refractivity contribution in [1.82, 2.24) is 0 Å². The Morgan fingerprint density at radius 2 is 1.40 bits per heavy atom. The van der Waals surface area contributed by atoms with Crippen LogP contribution in [0.2, 0.25) is 0 Å². The van der Waals surface area contributed by atoms with Crippen LogP contribution < -0.4 is 5.73 Å². The first-order valence-corrected chi connectivity index (χ1v) is 3.76. The molecule has 0 spiro atoms. The maximum absolute atomic E-state index is 6.86. The van der Waals surface area contributed by atoms with Crippen molar-refractivity contribution in [3.05, 3.63) is 5.73 Å². The Hall–Kier alpha value is 0.504. The third kappa shape index (κ3) is 11.3. The topological polar surface area (TPSA) is 49.8 Å². The number of hydrogen-bond acceptors (Lipinski definition) is 1. The fourth-order valence-electron chi connectivity index (χ4n) is 0.800. The normalized spacial score (nSPS) is 9.00. The van der Waals surface area contributed by atoms with Crippen molar-refractivity contribution in [3.63, 3.8) is 0 Å². The molecule has 0 atom stereocenters. The van der Waals surface area contributed by atoms with Gasteiger partial charge in [0.2, 0.25) is 0 Å². The van der Waals surface area contributed by atoms with E-state index in [1.165, 1.54) is 19.3 Å². The number of nitrogens with one attached hydrogen (secondary N) is 1. The van der Waals surface area contributed by atoms with Crippen LogP contribution in [0.25, 0.3) is 5.73 Å². The van der Waals surface area contributed by atoms with Crippen molar-refractivity contribution >= 4 is 0 Å². The summed E-state index contributed by atoms with van der Waals surface area (Å²) in [5.74, 6) is 0. The van der Waals surface area contributed by atoms with E-state index in [2.05, 4.69) is 0 Å². The molecule has 1 radical (unpaired) electrons. The van der Waals surface area contributed by atoms with Gasteiger partial charge in [0.15, 0.2) is 0 Å². The Kier molecular flexibility index (Phi) is 16.0. The first-order chi connectivity index (χ1) is 4.41. The van der Waals surface area contributed by atoms with E-state index in [9.17, 15) is 0 Å². The van der Waals surface area contributed by atoms with Crippen LogP contribution in [-0.2, 0) is 18.6 Å². The second-order valence-corrected chi connectivity index (χ2v) is 2.31. The summed E-state index contributed by atoms with van der Waals surface area (Å²) in [6.45, 7) is 1.41. The van der Waals surface area contributed by atoms with Gasteiger partial charge in [-0.25, -0.2) is 0 Å². The minimum atomic E-state index is 0. The number of nitrogens with two attached hydrogens (primary N) is 1. The second-order valence-electron chi connectivity index (χ2n) is 2.31. The molecule has 0 amide bonds. The van der Waals surface area contributed by atoms with Crippen molar-refractivity contribution in [1.29, 1.82) is 0 Å². The predicted molar refractivity (Wildman–Crippen MR) is 41.3 cm³/mol. The van der Waals surface area contributed by atoms with E-state index in [0.29, 0.717) is 6.54 Å². The summed E-state index contributed by atoms with van der Waals surface area (Å²) in [4.78, 5) is 0. The zero-order valence-corrected chi connectivity index (χ0v) is 7.87. The number of hydrogen-bond donors (Lipinski definition) is 1. The zero-order chi connectivity index (χ0) is 6.95. The van der Waals surface area contributed by atoms with Crippen molar-refractivity contribution in [3.8, 4) is 0 Å². The first-order valence-electron chi connectivity index (χ1n) is 3.76. The van der Waals surface area contributed by atoms with Crippen LogP contribution in [0, 0.1) is 0 Å². The maximum Gasteiger partial charge on any atom is 0 e. The smallest absolute Gasteiger partial charge is 0 e. The Morgan fingerprint density at radius 1 is 0.900 bits per heavy atom. The summed E-state index contributed by atoms with van der Waals surface area (Å²) in [6, 6.07) is 0. The SMILES string of the molecule is [NH-]CCCCCCCN.[V]. The molecule has 0 fully saturated rings. The summed E-state index contributed by atoms with van der Waals surface area (Å²) in [5, 5.41) is 0. The van der Waals surface area contributed by atoms with Crippen LogP contribution in [0.3, 0.4) is 0 Å². The van der Waals surface area contributed by atoms with Crippen LogP contribution in [0.5, 0.6) is 0 Å². The van der Waals surface area contributed by atoms with E-state index >= 15 is 0 Å². The predicted octanol–water partition coefficient (Wildman–Crippen LogP) is 1.95. The molecule has 0 saturated carbocycles. The molecule has 10 heavy (non-hydrogen) atoms. The molecule has 0 saturated heterocycles. The summed E-state index contributed by atoms with van der Waals surface area (Å²) >= 11 is 0. The van der Waals surface area contributed by atoms with E-state index in [0.717, 1.165) is 19.4 Å². The minimum absolute atomic E-state index is 0. The molecule has 3 heteroatoms. The molecule has 61 valence electrons. The molecule has 0 heterocycles. The zero-order valence-electron chi connectivity index (χ0n) is 6.47. The van der Waals surface area contributed by atoms with E-state index in [4.69, 9.17) is 11.5 Å². The van der Waals surface area contributed by atoms with Gasteiger partial charge in [0.05, 0.1) is 0 Å². The van der Waals surface area contributed by atoms with Crippen molar-refractivity contribution in [2.75, 3.05) is 13.1 Å². The molecule has 3 N–H and O–H groups in total. The van der Waals surface area contributed by atoms with Gasteiger partial charge >= 0.3 is 0 Å². The molecule has 0 aromatic heterocycles. The molecule has 2 nitrogen and oxygen atoms in total. The van der Waals surface area contributed by atoms with Crippen LogP contribution >= 0.6 is 0 Å². The van der Waals surface area contributed by atoms with Crippen molar-refractivity contribution in [2.45, 2.75) is 32.1 Å². The second kappa shape index (κ2) is 12.2. The monoisotopic (exact) mass is 180 g/mol. The summed E-state index contributed by atoms with van der Waals surface area (Å²) in [7, 11) is 0. The molecular weight excluding hydrogens is 163 g/mol. The van der Waals surface area contributed by atoms with Gasteiger partial charge in [-0.05, 0) is 13.0 Å². The molecule has 0 unspecified atom stereocenters. The molecule has 0 aromatic carbocycles. The van der Waals surface area contributed by atoms with E-state index in [1.54, 1.807) is 0 Å². The minimum Gasteiger partial charge on any atom is -0.677 e. The van der Waals surface area contributed by atoms with Gasteiger partial charge in [0.25, 0.3) is 0 Å². The average Bonchev–Trinajstić information content (AvgIpc) is 1.89. The largest absolute Gasteiger partial charge is 0.677 e. The Balaban J connectivity index is 0. The molecule has 0 aliphatic heterocycles. The van der Waals surface area contributed by atoms with E-state index in [-0.39, 0.29) is 18.6 Å². The number of rotatable bonds is 6. The molecule has 0 aromatic rings. The van der Waals surface area contributed by atoms with Gasteiger partial charge in [-0.3, -0.25) is 0 Å². The van der Waals surface area contributed by atoms with Crippen LogP contribution in [0.1, 0.15) is 32.1 Å². The first kappa shape index (κ1) is 13.1. The number of unbranched alkanes of at least 4 members (excludes halogenated alkanes) is 4. The van der Waals surface area contributed by atoms with Crippen LogP contribution in [0.4, 0.5) is 0 Å². The van der Waals surface area contributed by atoms with Crippen molar-refractivity contribution < 1.29 is 18.6 Å². The Bertz CT molecular complexity index is 44.9. The summed E-state index contributed by atoms with van der Waals surface area (Å²) < 4.78 is 0. The summed E-state index contributed by atoms with van der Waals surface area (Å²) in [5.41, 5.74) is 12.2. The molecule has 0 aliphatic rings. The van der Waals surface area contributed by atoms with Crippen LogP contribution in [-0.4, -0.2) is 13.1 Å². The van der Waals surface area contributed by atoms with Gasteiger partial charge in [0, 0.05) is 18.6 Å². The summed E-state index contributed by atoms with van der Waals surface area (Å²) in [6.07, 6.45) is 5.93. The molecular formula is C7H17N2V-. The van der Waals surface area contributed by atoms with Crippen molar-refractivity contribution in [2.24, 2.45) is 5.73 Å². The fourth-order valence-corrected chi connectivity index (χ4v) is 0.800. The average molecular weight is 180 g/mol. The molecule has 0 aliphatic carbocycles. The van der Waals surface area contributed by atoms with Gasteiger partial charge < -0.3 is 11.5 Å². The van der Waals surface area contributed by atoms with Gasteiger partial charge in [-0.2, -0.15) is 6.54 Å². The van der Waals surface area contributed by atoms with E-state index < -0.39 is 0 Å². The Morgan fingerprint density at radius 3 is 1.90 bits per heavy atom. The van der Waals surface area contributed by atoms with Gasteiger partial charge in [-0.15, -0.1) is 0 Å². The van der Waals surface area contributed by atoms with E-state index in [1.807, 2.05) is 0 Å². The Labute approximate surface area is 75.6 Å². The molecule has 0 rings (SSSR count). The standard InChI is InChI=1S/C7H17N2.V/c8-6-4-2-1-3-5-7-9;/h8H,1-7,9H2;/q-1;. The third-order valence-corrected chi connectivity index (χ3v) is 1.38. The quantitative estimate of drug-likeness (QED) is 0.624. The third-order valence-electron chi connectivity index (χ3n) is 1.38. The van der Waals surface area contributed by atoms with Crippen LogP contribution in [0.15, 0.2) is 0 Å². The fraction of sp³-hybridized carbons (Fsp3) is 1.00.